The van der Waals surface area contributed by atoms with E-state index in [1.165, 1.54) is 4.88 Å². The van der Waals surface area contributed by atoms with Crippen molar-refractivity contribution < 1.29 is 9.67 Å². The van der Waals surface area contributed by atoms with Crippen molar-refractivity contribution in [2.24, 2.45) is 0 Å². The van der Waals surface area contributed by atoms with E-state index in [4.69, 9.17) is 10.8 Å². The molecule has 0 aliphatic carbocycles. The van der Waals surface area contributed by atoms with Crippen LogP contribution in [-0.2, 0) is 13.0 Å². The maximum absolute atomic E-state index is 8.98. The summed E-state index contributed by atoms with van der Waals surface area (Å²) in [6.45, 7) is 4.71. The smallest absolute Gasteiger partial charge is 0.225 e. The molecule has 0 aromatic carbocycles. The van der Waals surface area contributed by atoms with Crippen LogP contribution in [0.1, 0.15) is 22.0 Å². The van der Waals surface area contributed by atoms with Crippen molar-refractivity contribution in [2.45, 2.75) is 26.8 Å². The highest BCUT2D eigenvalue weighted by molar-refractivity contribution is 7.09. The summed E-state index contributed by atoms with van der Waals surface area (Å²) in [4.78, 5) is 9.53. The monoisotopic (exact) mass is 337 g/mol. The predicted molar refractivity (Wildman–Crippen MR) is 84.8 cm³/mol. The molecule has 2 aromatic rings. The Balaban J connectivity index is 0.00000180. The van der Waals surface area contributed by atoms with E-state index in [9.17, 15) is 0 Å². The van der Waals surface area contributed by atoms with E-state index in [1.54, 1.807) is 17.5 Å². The Morgan fingerprint density at radius 2 is 2.05 bits per heavy atom. The highest BCUT2D eigenvalue weighted by Gasteiger charge is 2.16. The van der Waals surface area contributed by atoms with Crippen molar-refractivity contribution in [2.75, 3.05) is 12.3 Å². The van der Waals surface area contributed by atoms with E-state index in [2.05, 4.69) is 14.5 Å². The molecule has 0 radical (unpaired) electrons. The minimum atomic E-state index is 0. The van der Waals surface area contributed by atoms with E-state index in [0.29, 0.717) is 24.6 Å². The first-order valence-corrected chi connectivity index (χ1v) is 6.65. The number of nitrogens with two attached hydrogens (primary N) is 1. The standard InChI is InChI=1S/C12H17N4OS.2ClH/c1-8-11(3-4-17)18-7-16(8)6-10-5-14-9(2)15-12(10)13;;/h5,7,17H,3-4,6H2,1-2H3,(H2,13,14,15);2*1H/q+1;;. The van der Waals surface area contributed by atoms with Gasteiger partial charge < -0.3 is 10.8 Å². The zero-order valence-electron chi connectivity index (χ0n) is 11.4. The van der Waals surface area contributed by atoms with Gasteiger partial charge in [-0.05, 0) is 6.92 Å². The molecule has 8 heteroatoms. The SMILES string of the molecule is Cc1ncc(C[n+]2csc(CCO)c2C)c(N)n1.Cl.Cl. The third kappa shape index (κ3) is 4.28. The molecule has 0 fully saturated rings. The molecule has 0 amide bonds. The first-order valence-electron chi connectivity index (χ1n) is 5.77. The van der Waals surface area contributed by atoms with E-state index < -0.39 is 0 Å². The van der Waals surface area contributed by atoms with Gasteiger partial charge >= 0.3 is 0 Å². The van der Waals surface area contributed by atoms with Crippen LogP contribution in [0.25, 0.3) is 0 Å². The van der Waals surface area contributed by atoms with E-state index in [0.717, 1.165) is 11.3 Å². The summed E-state index contributed by atoms with van der Waals surface area (Å²) < 4.78 is 2.11. The van der Waals surface area contributed by atoms with Crippen LogP contribution in [-0.4, -0.2) is 21.7 Å². The van der Waals surface area contributed by atoms with Gasteiger partial charge in [0.05, 0.1) is 10.4 Å². The molecule has 0 saturated heterocycles. The molecule has 2 rings (SSSR count). The number of aryl methyl sites for hydroxylation is 1. The van der Waals surface area contributed by atoms with Gasteiger partial charge in [0.15, 0.2) is 12.2 Å². The molecule has 5 nitrogen and oxygen atoms in total. The van der Waals surface area contributed by atoms with Crippen molar-refractivity contribution in [3.63, 3.8) is 0 Å². The molecule has 2 aromatic heterocycles. The quantitative estimate of drug-likeness (QED) is 0.828. The number of aliphatic hydroxyl groups excluding tert-OH is 1. The van der Waals surface area contributed by atoms with Gasteiger partial charge in [-0.2, -0.15) is 4.57 Å². The second kappa shape index (κ2) is 8.36. The van der Waals surface area contributed by atoms with Crippen molar-refractivity contribution >= 4 is 42.0 Å². The Bertz CT molecular complexity index is 562. The highest BCUT2D eigenvalue weighted by atomic mass is 35.5. The minimum absolute atomic E-state index is 0. The molecular weight excluding hydrogens is 319 g/mol. The van der Waals surface area contributed by atoms with Gasteiger partial charge in [0.1, 0.15) is 11.6 Å². The number of hydrogen-bond acceptors (Lipinski definition) is 5. The van der Waals surface area contributed by atoms with Crippen molar-refractivity contribution in [1.29, 1.82) is 0 Å². The van der Waals surface area contributed by atoms with Gasteiger partial charge in [0.2, 0.25) is 5.51 Å². The van der Waals surface area contributed by atoms with Gasteiger partial charge in [-0.3, -0.25) is 0 Å². The van der Waals surface area contributed by atoms with Crippen molar-refractivity contribution in [3.8, 4) is 0 Å². The van der Waals surface area contributed by atoms with Crippen LogP contribution in [0.15, 0.2) is 11.7 Å². The van der Waals surface area contributed by atoms with Crippen molar-refractivity contribution in [1.82, 2.24) is 9.97 Å². The number of aromatic nitrogens is 3. The van der Waals surface area contributed by atoms with Crippen LogP contribution in [0, 0.1) is 13.8 Å². The Morgan fingerprint density at radius 1 is 1.35 bits per heavy atom. The molecule has 0 unspecified atom stereocenters. The topological polar surface area (TPSA) is 75.9 Å². The van der Waals surface area contributed by atoms with Gasteiger partial charge in [-0.25, -0.2) is 9.97 Å². The Hall–Kier alpha value is -0.950. The Kier molecular flexibility index (Phi) is 7.96. The first-order chi connectivity index (χ1) is 8.61. The Morgan fingerprint density at radius 3 is 2.65 bits per heavy atom. The zero-order chi connectivity index (χ0) is 13.1. The lowest BCUT2D eigenvalue weighted by Crippen LogP contribution is -2.35. The summed E-state index contributed by atoms with van der Waals surface area (Å²) in [7, 11) is 0. The van der Waals surface area contributed by atoms with Crippen LogP contribution in [0.2, 0.25) is 0 Å². The molecule has 0 aliphatic rings. The van der Waals surface area contributed by atoms with E-state index in [-0.39, 0.29) is 31.4 Å². The van der Waals surface area contributed by atoms with Gasteiger partial charge in [-0.1, -0.05) is 11.3 Å². The average Bonchev–Trinajstić information content (AvgIpc) is 2.66. The average molecular weight is 338 g/mol. The number of aliphatic hydroxyl groups is 1. The lowest BCUT2D eigenvalue weighted by Gasteiger charge is -2.01. The molecule has 0 spiro atoms. The second-order valence-electron chi connectivity index (χ2n) is 4.16. The normalized spacial score (nSPS) is 9.75. The van der Waals surface area contributed by atoms with Crippen LogP contribution in [0.4, 0.5) is 5.82 Å². The largest absolute Gasteiger partial charge is 0.396 e. The summed E-state index contributed by atoms with van der Waals surface area (Å²) >= 11 is 1.65. The van der Waals surface area contributed by atoms with Crippen LogP contribution >= 0.6 is 36.2 Å². The number of halogens is 2. The fourth-order valence-electron chi connectivity index (χ4n) is 1.77. The number of nitrogens with zero attached hydrogens (tertiary/aromatic N) is 3. The molecule has 2 heterocycles. The molecule has 112 valence electrons. The number of nitrogen functional groups attached to an aromatic ring is 1. The Labute approximate surface area is 134 Å². The predicted octanol–water partition coefficient (Wildman–Crippen LogP) is 1.45. The van der Waals surface area contributed by atoms with Crippen LogP contribution in [0.3, 0.4) is 0 Å². The number of rotatable bonds is 4. The number of hydrogen-bond donors (Lipinski definition) is 2. The number of thiazole rings is 1. The zero-order valence-corrected chi connectivity index (χ0v) is 13.8. The summed E-state index contributed by atoms with van der Waals surface area (Å²) in [6, 6.07) is 0. The summed E-state index contributed by atoms with van der Waals surface area (Å²) in [6.07, 6.45) is 2.47. The van der Waals surface area contributed by atoms with Gasteiger partial charge in [0, 0.05) is 26.1 Å². The lowest BCUT2D eigenvalue weighted by molar-refractivity contribution is -0.689. The third-order valence-electron chi connectivity index (χ3n) is 2.85. The summed E-state index contributed by atoms with van der Waals surface area (Å²) in [5.41, 5.74) is 10.0. The van der Waals surface area contributed by atoms with E-state index in [1.807, 2.05) is 19.4 Å². The van der Waals surface area contributed by atoms with Crippen LogP contribution < -0.4 is 10.3 Å². The van der Waals surface area contributed by atoms with Crippen LogP contribution in [0.5, 0.6) is 0 Å². The maximum Gasteiger partial charge on any atom is 0.225 e. The fraction of sp³-hybridized carbons (Fsp3) is 0.417. The molecule has 0 saturated carbocycles. The first kappa shape index (κ1) is 19.1. The molecule has 0 atom stereocenters. The highest BCUT2D eigenvalue weighted by Crippen LogP contribution is 2.13. The van der Waals surface area contributed by atoms with Gasteiger partial charge in [0.25, 0.3) is 0 Å². The maximum atomic E-state index is 8.98. The molecule has 3 N–H and O–H groups in total. The third-order valence-corrected chi connectivity index (χ3v) is 4.00. The lowest BCUT2D eigenvalue weighted by atomic mass is 10.2. The van der Waals surface area contributed by atoms with Crippen molar-refractivity contribution in [3.05, 3.63) is 33.7 Å². The molecule has 20 heavy (non-hydrogen) atoms. The van der Waals surface area contributed by atoms with Gasteiger partial charge in [-0.15, -0.1) is 24.8 Å². The minimum Gasteiger partial charge on any atom is -0.396 e. The molecular formula is C12H19Cl2N4OS+. The van der Waals surface area contributed by atoms with E-state index >= 15 is 0 Å². The second-order valence-corrected chi connectivity index (χ2v) is 5.10. The molecule has 0 bridgehead atoms. The molecule has 0 aliphatic heterocycles. The fourth-order valence-corrected chi connectivity index (χ4v) is 2.75. The number of anilines is 1. The summed E-state index contributed by atoms with van der Waals surface area (Å²) in [5.74, 6) is 1.22. The summed E-state index contributed by atoms with van der Waals surface area (Å²) in [5, 5.41) is 8.98.